The fraction of sp³-hybridized carbons (Fsp3) is 0.500. The van der Waals surface area contributed by atoms with Crippen molar-refractivity contribution < 1.29 is 14.6 Å². The van der Waals surface area contributed by atoms with Crippen LogP contribution in [0.2, 0.25) is 0 Å². The van der Waals surface area contributed by atoms with E-state index in [2.05, 4.69) is 18.8 Å². The highest BCUT2D eigenvalue weighted by molar-refractivity contribution is 6.09. The van der Waals surface area contributed by atoms with E-state index in [1.54, 1.807) is 13.0 Å². The average molecular weight is 247 g/mol. The lowest BCUT2D eigenvalue weighted by Gasteiger charge is -2.24. The van der Waals surface area contributed by atoms with E-state index in [9.17, 15) is 9.59 Å². The molecule has 0 saturated carbocycles. The van der Waals surface area contributed by atoms with Crippen LogP contribution in [0.3, 0.4) is 0 Å². The molecule has 1 spiro atoms. The summed E-state index contributed by atoms with van der Waals surface area (Å²) in [4.78, 5) is 26.1. The molecule has 0 aromatic carbocycles. The molecule has 18 heavy (non-hydrogen) atoms. The zero-order valence-corrected chi connectivity index (χ0v) is 11.0. The second kappa shape index (κ2) is 3.90. The van der Waals surface area contributed by atoms with Crippen molar-refractivity contribution in [1.82, 2.24) is 0 Å². The molecule has 0 radical (unpaired) electrons. The molecule has 0 bridgehead atoms. The number of carbonyl (C=O) groups is 2. The third kappa shape index (κ3) is 2.15. The zero-order chi connectivity index (χ0) is 13.6. The maximum absolute atomic E-state index is 11.5. The Kier molecular flexibility index (Phi) is 2.76. The molecule has 2 rings (SSSR count). The van der Waals surface area contributed by atoms with E-state index in [-0.39, 0.29) is 29.1 Å². The second-order valence-electron chi connectivity index (χ2n) is 5.87. The summed E-state index contributed by atoms with van der Waals surface area (Å²) in [5.41, 5.74) is 6.46. The first-order valence-corrected chi connectivity index (χ1v) is 6.10. The molecule has 4 nitrogen and oxygen atoms in total. The van der Waals surface area contributed by atoms with Gasteiger partial charge in [0.1, 0.15) is 6.42 Å². The van der Waals surface area contributed by atoms with Crippen LogP contribution in [0.1, 0.15) is 33.6 Å². The summed E-state index contributed by atoms with van der Waals surface area (Å²) in [5, 5.41) is 0. The van der Waals surface area contributed by atoms with Crippen molar-refractivity contribution in [2.75, 3.05) is 0 Å². The number of ketones is 1. The maximum atomic E-state index is 11.5. The van der Waals surface area contributed by atoms with E-state index in [1.807, 2.05) is 12.2 Å². The lowest BCUT2D eigenvalue weighted by molar-refractivity contribution is -0.534. The predicted molar refractivity (Wildman–Crippen MR) is 68.8 cm³/mol. The van der Waals surface area contributed by atoms with Crippen molar-refractivity contribution in [1.29, 1.82) is 0 Å². The largest absolute Gasteiger partial charge is 0.369 e. The van der Waals surface area contributed by atoms with E-state index in [1.165, 1.54) is 0 Å². The number of nitrogens with one attached hydrogen (secondary N) is 1. The second-order valence-corrected chi connectivity index (χ2v) is 5.87. The molecular weight excluding hydrogens is 228 g/mol. The summed E-state index contributed by atoms with van der Waals surface area (Å²) in [5.74, 6) is -0.324. The molecule has 1 atom stereocenters. The Balaban J connectivity index is 2.44. The Labute approximate surface area is 107 Å². The molecule has 1 aliphatic carbocycles. The molecule has 1 amide bonds. The molecule has 0 unspecified atom stereocenters. The van der Waals surface area contributed by atoms with Crippen LogP contribution in [0, 0.1) is 5.41 Å². The molecule has 1 heterocycles. The molecule has 0 saturated heterocycles. The molecule has 96 valence electrons. The van der Waals surface area contributed by atoms with Crippen LogP contribution in [0.15, 0.2) is 23.8 Å². The molecule has 2 aliphatic rings. The number of hydrogen-bond donors (Lipinski definition) is 2. The highest BCUT2D eigenvalue weighted by atomic mass is 16.1. The lowest BCUT2D eigenvalue weighted by atomic mass is 9.72. The summed E-state index contributed by atoms with van der Waals surface area (Å²) >= 11 is 0. The Morgan fingerprint density at radius 3 is 2.72 bits per heavy atom. The summed E-state index contributed by atoms with van der Waals surface area (Å²) in [6, 6.07) is 0. The van der Waals surface area contributed by atoms with E-state index in [0.29, 0.717) is 0 Å². The molecule has 3 N–H and O–H groups in total. The van der Waals surface area contributed by atoms with Crippen LogP contribution in [-0.4, -0.2) is 22.9 Å². The van der Waals surface area contributed by atoms with Gasteiger partial charge in [0.15, 0.2) is 17.0 Å². The predicted octanol–water partition coefficient (Wildman–Crippen LogP) is -0.363. The van der Waals surface area contributed by atoms with Gasteiger partial charge in [-0.05, 0) is 32.4 Å². The molecule has 0 aromatic rings. The van der Waals surface area contributed by atoms with Crippen molar-refractivity contribution in [2.45, 2.75) is 39.2 Å². The van der Waals surface area contributed by atoms with Gasteiger partial charge in [0, 0.05) is 6.42 Å². The van der Waals surface area contributed by atoms with Crippen LogP contribution < -0.4 is 10.7 Å². The molecule has 1 aliphatic heterocycles. The number of amides is 1. The first-order chi connectivity index (χ1) is 8.24. The van der Waals surface area contributed by atoms with Crippen molar-refractivity contribution >= 4 is 17.4 Å². The maximum Gasteiger partial charge on any atom is 0.227 e. The van der Waals surface area contributed by atoms with E-state index in [0.717, 1.165) is 17.7 Å². The molecular formula is C14H19N2O2+. The summed E-state index contributed by atoms with van der Waals surface area (Å²) in [7, 11) is 0. The van der Waals surface area contributed by atoms with Crippen molar-refractivity contribution in [3.8, 4) is 0 Å². The van der Waals surface area contributed by atoms with Gasteiger partial charge in [-0.2, -0.15) is 0 Å². The smallest absolute Gasteiger partial charge is 0.227 e. The van der Waals surface area contributed by atoms with Crippen LogP contribution >= 0.6 is 0 Å². The summed E-state index contributed by atoms with van der Waals surface area (Å²) < 4.78 is 0. The number of primary amides is 1. The minimum absolute atomic E-state index is 0.0313. The standard InChI is InChI=1S/C14H18N2O2/c1-9-7-14(5-4-10(9)17)8-13(2,3)16-11(14)6-12(15)18/h4-5,7H,6,8H2,1-3H3,(H2,15,18)/p+1/t14-/m1/s1. The zero-order valence-electron chi connectivity index (χ0n) is 11.0. The van der Waals surface area contributed by atoms with Crippen LogP contribution in [0.4, 0.5) is 0 Å². The third-order valence-corrected chi connectivity index (χ3v) is 3.53. The number of carbonyl (C=O) groups excluding carboxylic acids is 2. The Bertz CT molecular complexity index is 512. The van der Waals surface area contributed by atoms with Gasteiger partial charge in [0.2, 0.25) is 5.91 Å². The summed E-state index contributed by atoms with van der Waals surface area (Å²) in [6.45, 7) is 5.97. The minimum Gasteiger partial charge on any atom is -0.369 e. The number of rotatable bonds is 2. The van der Waals surface area contributed by atoms with Gasteiger partial charge in [0.25, 0.3) is 0 Å². The highest BCUT2D eigenvalue weighted by Crippen LogP contribution is 2.38. The van der Waals surface area contributed by atoms with Gasteiger partial charge in [-0.25, -0.2) is 4.99 Å². The number of hydrogen-bond acceptors (Lipinski definition) is 2. The van der Waals surface area contributed by atoms with Gasteiger partial charge in [-0.15, -0.1) is 0 Å². The van der Waals surface area contributed by atoms with Crippen molar-refractivity contribution in [2.24, 2.45) is 11.1 Å². The number of nitrogens with two attached hydrogens (primary N) is 1. The normalized spacial score (nSPS) is 29.4. The third-order valence-electron chi connectivity index (χ3n) is 3.53. The fourth-order valence-corrected chi connectivity index (χ4v) is 2.95. The quantitative estimate of drug-likeness (QED) is 0.699. The van der Waals surface area contributed by atoms with E-state index < -0.39 is 0 Å². The molecule has 0 aromatic heterocycles. The SMILES string of the molecule is CC1=C[C@]2(C=CC1=O)CC(C)(C)[NH+]=C2CC(N)=O. The highest BCUT2D eigenvalue weighted by Gasteiger charge is 2.50. The van der Waals surface area contributed by atoms with Crippen molar-refractivity contribution in [3.05, 3.63) is 23.8 Å². The average Bonchev–Trinajstić information content (AvgIpc) is 2.43. The minimum atomic E-state index is -0.356. The molecule has 0 fully saturated rings. The van der Waals surface area contributed by atoms with E-state index in [4.69, 9.17) is 5.73 Å². The van der Waals surface area contributed by atoms with Crippen LogP contribution in [0.5, 0.6) is 0 Å². The van der Waals surface area contributed by atoms with E-state index >= 15 is 0 Å². The van der Waals surface area contributed by atoms with Gasteiger partial charge in [-0.3, -0.25) is 9.59 Å². The van der Waals surface area contributed by atoms with Gasteiger partial charge in [0.05, 0.1) is 5.41 Å². The Morgan fingerprint density at radius 1 is 1.50 bits per heavy atom. The topological polar surface area (TPSA) is 74.1 Å². The van der Waals surface area contributed by atoms with Crippen molar-refractivity contribution in [3.63, 3.8) is 0 Å². The fourth-order valence-electron chi connectivity index (χ4n) is 2.95. The van der Waals surface area contributed by atoms with Gasteiger partial charge in [-0.1, -0.05) is 12.2 Å². The number of allylic oxidation sites excluding steroid dienone is 4. The van der Waals surface area contributed by atoms with Crippen LogP contribution in [-0.2, 0) is 9.59 Å². The molecule has 4 heteroatoms. The van der Waals surface area contributed by atoms with Crippen LogP contribution in [0.25, 0.3) is 0 Å². The Morgan fingerprint density at radius 2 is 2.17 bits per heavy atom. The Hall–Kier alpha value is -1.71. The van der Waals surface area contributed by atoms with Gasteiger partial charge >= 0.3 is 0 Å². The first-order valence-electron chi connectivity index (χ1n) is 6.10. The van der Waals surface area contributed by atoms with Gasteiger partial charge < -0.3 is 5.73 Å². The lowest BCUT2D eigenvalue weighted by Crippen LogP contribution is -2.82. The summed E-state index contributed by atoms with van der Waals surface area (Å²) in [6.07, 6.45) is 6.46. The monoisotopic (exact) mass is 247 g/mol. The first kappa shape index (κ1) is 12.7.